The molecule has 0 saturated carbocycles. The number of benzene rings is 2. The lowest BCUT2D eigenvalue weighted by Crippen LogP contribution is -2.31. The van der Waals surface area contributed by atoms with Crippen LogP contribution in [0.15, 0.2) is 42.5 Å². The van der Waals surface area contributed by atoms with Crippen LogP contribution in [0.3, 0.4) is 0 Å². The first-order valence-corrected chi connectivity index (χ1v) is 8.48. The molecule has 0 unspecified atom stereocenters. The predicted molar refractivity (Wildman–Crippen MR) is 96.3 cm³/mol. The van der Waals surface area contributed by atoms with Crippen LogP contribution in [0.4, 0.5) is 4.39 Å². The zero-order valence-electron chi connectivity index (χ0n) is 13.6. The van der Waals surface area contributed by atoms with Gasteiger partial charge >= 0.3 is 5.97 Å². The monoisotopic (exact) mass is 399 g/mol. The van der Waals surface area contributed by atoms with Gasteiger partial charge in [-0.2, -0.15) is 0 Å². The summed E-state index contributed by atoms with van der Waals surface area (Å²) in [6, 6.07) is 10.1. The molecule has 2 aromatic rings. The summed E-state index contributed by atoms with van der Waals surface area (Å²) in [5.41, 5.74) is 0.219. The highest BCUT2D eigenvalue weighted by Crippen LogP contribution is 2.20. The smallest absolute Gasteiger partial charge is 0.325 e. The molecule has 138 valence electrons. The van der Waals surface area contributed by atoms with Crippen LogP contribution < -0.4 is 10.1 Å². The second-order valence-electron chi connectivity index (χ2n) is 5.18. The number of carbonyl (C=O) groups is 2. The van der Waals surface area contributed by atoms with Crippen LogP contribution in [0.2, 0.25) is 10.0 Å². The van der Waals surface area contributed by atoms with Crippen LogP contribution in [0.25, 0.3) is 0 Å². The average molecular weight is 400 g/mol. The van der Waals surface area contributed by atoms with E-state index in [-0.39, 0.29) is 29.6 Å². The topological polar surface area (TPSA) is 64.6 Å². The number of rotatable bonds is 8. The molecule has 0 fully saturated rings. The number of carbonyl (C=O) groups excluding carboxylic acids is 2. The highest BCUT2D eigenvalue weighted by atomic mass is 35.5. The summed E-state index contributed by atoms with van der Waals surface area (Å²) < 4.78 is 23.1. The van der Waals surface area contributed by atoms with Gasteiger partial charge in [0.25, 0.3) is 5.91 Å². The Balaban J connectivity index is 1.62. The number of nitrogens with one attached hydrogen (secondary N) is 1. The minimum Gasteiger partial charge on any atom is -0.493 e. The molecule has 0 radical (unpaired) electrons. The zero-order chi connectivity index (χ0) is 18.9. The van der Waals surface area contributed by atoms with Crippen molar-refractivity contribution in [2.24, 2.45) is 0 Å². The van der Waals surface area contributed by atoms with Crippen molar-refractivity contribution in [2.75, 3.05) is 19.8 Å². The van der Waals surface area contributed by atoms with Gasteiger partial charge in [-0.3, -0.25) is 9.59 Å². The Hall–Kier alpha value is -2.31. The minimum atomic E-state index is -0.579. The maximum atomic E-state index is 12.7. The number of hydrogen-bond donors (Lipinski definition) is 1. The Kier molecular flexibility index (Phi) is 7.69. The summed E-state index contributed by atoms with van der Waals surface area (Å²) in [7, 11) is 0. The van der Waals surface area contributed by atoms with Crippen LogP contribution in [0.1, 0.15) is 16.8 Å². The van der Waals surface area contributed by atoms with Crippen LogP contribution in [-0.2, 0) is 9.53 Å². The van der Waals surface area contributed by atoms with E-state index in [0.29, 0.717) is 23.8 Å². The molecular weight excluding hydrogens is 384 g/mol. The quantitative estimate of drug-likeness (QED) is 0.540. The molecule has 0 aliphatic rings. The van der Waals surface area contributed by atoms with Crippen molar-refractivity contribution in [3.63, 3.8) is 0 Å². The maximum absolute atomic E-state index is 12.7. The Bertz CT molecular complexity index is 768. The fraction of sp³-hybridized carbons (Fsp3) is 0.222. The van der Waals surface area contributed by atoms with Crippen molar-refractivity contribution in [1.29, 1.82) is 0 Å². The van der Waals surface area contributed by atoms with Gasteiger partial charge in [0.1, 0.15) is 18.1 Å². The molecular formula is C18H16Cl2FNO4. The first kappa shape index (κ1) is 20.0. The molecule has 0 heterocycles. The van der Waals surface area contributed by atoms with Crippen molar-refractivity contribution in [1.82, 2.24) is 5.32 Å². The predicted octanol–water partition coefficient (Wildman–Crippen LogP) is 3.87. The molecule has 0 aliphatic heterocycles. The van der Waals surface area contributed by atoms with Crippen molar-refractivity contribution < 1.29 is 23.5 Å². The van der Waals surface area contributed by atoms with Gasteiger partial charge in [-0.15, -0.1) is 0 Å². The Morgan fingerprint density at radius 3 is 2.46 bits per heavy atom. The van der Waals surface area contributed by atoms with Gasteiger partial charge in [0, 0.05) is 11.4 Å². The number of esters is 1. The van der Waals surface area contributed by atoms with Crippen LogP contribution in [-0.4, -0.2) is 31.6 Å². The van der Waals surface area contributed by atoms with E-state index < -0.39 is 11.9 Å². The Labute approximate surface area is 160 Å². The van der Waals surface area contributed by atoms with Crippen LogP contribution in [0.5, 0.6) is 5.75 Å². The fourth-order valence-electron chi connectivity index (χ4n) is 1.94. The number of amides is 1. The normalized spacial score (nSPS) is 10.3. The summed E-state index contributed by atoms with van der Waals surface area (Å²) in [6.45, 7) is 0.167. The highest BCUT2D eigenvalue weighted by molar-refractivity contribution is 6.36. The Morgan fingerprint density at radius 2 is 1.77 bits per heavy atom. The third-order valence-electron chi connectivity index (χ3n) is 3.20. The van der Waals surface area contributed by atoms with Gasteiger partial charge in [0.15, 0.2) is 0 Å². The molecule has 1 N–H and O–H groups in total. The van der Waals surface area contributed by atoms with Crippen molar-refractivity contribution in [3.8, 4) is 5.75 Å². The standard InChI is InChI=1S/C18H16Cl2FNO4/c19-12-2-7-15(16(20)10-12)18(24)22-11-17(23)26-9-1-8-25-14-5-3-13(21)4-6-14/h2-7,10H,1,8-9,11H2,(H,22,24). The summed E-state index contributed by atoms with van der Waals surface area (Å²) in [4.78, 5) is 23.6. The third-order valence-corrected chi connectivity index (χ3v) is 3.75. The fourth-order valence-corrected chi connectivity index (χ4v) is 2.43. The van der Waals surface area contributed by atoms with Crippen LogP contribution in [0, 0.1) is 5.82 Å². The molecule has 0 saturated heterocycles. The second kappa shape index (κ2) is 9.99. The zero-order valence-corrected chi connectivity index (χ0v) is 15.1. The van der Waals surface area contributed by atoms with Crippen LogP contribution >= 0.6 is 23.2 Å². The van der Waals surface area contributed by atoms with Gasteiger partial charge < -0.3 is 14.8 Å². The molecule has 2 rings (SSSR count). The third kappa shape index (κ3) is 6.54. The van der Waals surface area contributed by atoms with Crippen molar-refractivity contribution in [2.45, 2.75) is 6.42 Å². The molecule has 0 aliphatic carbocycles. The van der Waals surface area contributed by atoms with Gasteiger partial charge in [-0.1, -0.05) is 23.2 Å². The number of hydrogen-bond acceptors (Lipinski definition) is 4. The van der Waals surface area contributed by atoms with Gasteiger partial charge in [-0.05, 0) is 42.5 Å². The van der Waals surface area contributed by atoms with E-state index in [1.807, 2.05) is 0 Å². The van der Waals surface area contributed by atoms with E-state index in [1.165, 1.54) is 42.5 Å². The SMILES string of the molecule is O=C(CNC(=O)c1ccc(Cl)cc1Cl)OCCCOc1ccc(F)cc1. The number of ether oxygens (including phenoxy) is 2. The molecule has 26 heavy (non-hydrogen) atoms. The molecule has 1 amide bonds. The average Bonchev–Trinajstić information content (AvgIpc) is 2.61. The number of halogens is 3. The summed E-state index contributed by atoms with van der Waals surface area (Å²) in [5.74, 6) is -0.883. The largest absolute Gasteiger partial charge is 0.493 e. The first-order chi connectivity index (χ1) is 12.5. The van der Waals surface area contributed by atoms with Crippen molar-refractivity contribution in [3.05, 3.63) is 63.9 Å². The molecule has 0 bridgehead atoms. The molecule has 5 nitrogen and oxygen atoms in total. The molecule has 2 aromatic carbocycles. The lowest BCUT2D eigenvalue weighted by molar-refractivity contribution is -0.142. The van der Waals surface area contributed by atoms with Gasteiger partial charge in [0.2, 0.25) is 0 Å². The second-order valence-corrected chi connectivity index (χ2v) is 6.03. The summed E-state index contributed by atoms with van der Waals surface area (Å²) in [6.07, 6.45) is 0.458. The van der Waals surface area contributed by atoms with E-state index >= 15 is 0 Å². The maximum Gasteiger partial charge on any atom is 0.325 e. The summed E-state index contributed by atoms with van der Waals surface area (Å²) >= 11 is 11.7. The van der Waals surface area contributed by atoms with E-state index in [4.69, 9.17) is 32.7 Å². The van der Waals surface area contributed by atoms with Gasteiger partial charge in [0.05, 0.1) is 23.8 Å². The van der Waals surface area contributed by atoms with E-state index in [1.54, 1.807) is 0 Å². The Morgan fingerprint density at radius 1 is 1.04 bits per heavy atom. The van der Waals surface area contributed by atoms with Crippen molar-refractivity contribution >= 4 is 35.1 Å². The molecule has 0 aromatic heterocycles. The lowest BCUT2D eigenvalue weighted by atomic mass is 10.2. The lowest BCUT2D eigenvalue weighted by Gasteiger charge is -2.08. The minimum absolute atomic E-state index is 0.137. The van der Waals surface area contributed by atoms with E-state index in [9.17, 15) is 14.0 Å². The van der Waals surface area contributed by atoms with Gasteiger partial charge in [-0.25, -0.2) is 4.39 Å². The molecule has 8 heteroatoms. The first-order valence-electron chi connectivity index (χ1n) is 7.73. The molecule has 0 atom stereocenters. The van der Waals surface area contributed by atoms with E-state index in [0.717, 1.165) is 0 Å². The van der Waals surface area contributed by atoms with E-state index in [2.05, 4.69) is 5.32 Å². The summed E-state index contributed by atoms with van der Waals surface area (Å²) in [5, 5.41) is 3.03. The molecule has 0 spiro atoms. The highest BCUT2D eigenvalue weighted by Gasteiger charge is 2.12.